The summed E-state index contributed by atoms with van der Waals surface area (Å²) in [5.41, 5.74) is 0. The van der Waals surface area contributed by atoms with Gasteiger partial charge in [-0.1, -0.05) is 6.92 Å². The molecule has 2 unspecified atom stereocenters. The van der Waals surface area contributed by atoms with Crippen molar-refractivity contribution in [2.45, 2.75) is 25.1 Å². The van der Waals surface area contributed by atoms with Crippen molar-refractivity contribution in [3.63, 3.8) is 0 Å². The average molecular weight is 217 g/mol. The van der Waals surface area contributed by atoms with Crippen LogP contribution in [0.3, 0.4) is 0 Å². The van der Waals surface area contributed by atoms with Crippen molar-refractivity contribution in [2.75, 3.05) is 19.8 Å². The maximum Gasteiger partial charge on any atom is 0.165 e. The molecule has 1 saturated heterocycles. The lowest BCUT2D eigenvalue weighted by Gasteiger charge is -2.22. The predicted octanol–water partition coefficient (Wildman–Crippen LogP) is -0.197. The van der Waals surface area contributed by atoms with Gasteiger partial charge in [0.05, 0.1) is 14.5 Å². The second-order valence-corrected chi connectivity index (χ2v) is 5.54. The summed E-state index contributed by atoms with van der Waals surface area (Å²) >= 11 is 0. The molecule has 0 aromatic rings. The molecular weight excluding hydrogens is 199 g/mol. The second kappa shape index (κ2) is 5.54. The van der Waals surface area contributed by atoms with Crippen LogP contribution in [0.25, 0.3) is 0 Å². The lowest BCUT2D eigenvalue weighted by atomic mass is 10.3. The summed E-state index contributed by atoms with van der Waals surface area (Å²) < 4.78 is 5.18. The third kappa shape index (κ3) is 2.84. The zero-order valence-corrected chi connectivity index (χ0v) is 9.41. The van der Waals surface area contributed by atoms with E-state index in [-0.39, 0.29) is 0 Å². The van der Waals surface area contributed by atoms with Crippen molar-refractivity contribution < 1.29 is 15.3 Å². The normalized spacial score (nSPS) is 29.6. The Morgan fingerprint density at radius 1 is 1.71 bits per heavy atom. The monoisotopic (exact) mass is 217 g/mol. The molecule has 0 amide bonds. The van der Waals surface area contributed by atoms with Gasteiger partial charge in [-0.05, 0) is 6.42 Å². The molecule has 0 aromatic carbocycles. The summed E-state index contributed by atoms with van der Waals surface area (Å²) in [6, 6.07) is 0. The quantitative estimate of drug-likeness (QED) is 0.495. The van der Waals surface area contributed by atoms with E-state index in [1.807, 2.05) is 0 Å². The smallest absolute Gasteiger partial charge is 0.165 e. The Morgan fingerprint density at radius 2 is 2.50 bits per heavy atom. The maximum atomic E-state index is 10.2. The van der Waals surface area contributed by atoms with Crippen LogP contribution in [0.5, 0.6) is 0 Å². The van der Waals surface area contributed by atoms with Crippen LogP contribution in [0.2, 0.25) is 0 Å². The zero-order valence-electron chi connectivity index (χ0n) is 8.52. The highest BCUT2D eigenvalue weighted by Crippen LogP contribution is 2.47. The Morgan fingerprint density at radius 3 is 3.00 bits per heavy atom. The molecule has 3 N–H and O–H groups in total. The van der Waals surface area contributed by atoms with Gasteiger partial charge >= 0.3 is 0 Å². The SMILES string of the molecule is CCCN=CP(C=[NH2+])C1(O)CCOC1. The number of ether oxygens (including phenoxy) is 1. The van der Waals surface area contributed by atoms with Gasteiger partial charge in [-0.3, -0.25) is 10.4 Å². The zero-order chi connectivity index (χ0) is 10.4. The summed E-state index contributed by atoms with van der Waals surface area (Å²) in [4.78, 5) is 4.23. The van der Waals surface area contributed by atoms with Crippen molar-refractivity contribution in [3.8, 4) is 0 Å². The number of nitrogens with two attached hydrogens (primary N) is 1. The predicted molar refractivity (Wildman–Crippen MR) is 58.9 cm³/mol. The molecule has 1 heterocycles. The summed E-state index contributed by atoms with van der Waals surface area (Å²) in [6.45, 7) is 3.86. The van der Waals surface area contributed by atoms with Gasteiger partial charge in [0.2, 0.25) is 0 Å². The molecule has 5 heteroatoms. The molecule has 1 rings (SSSR count). The minimum absolute atomic E-state index is 0.380. The lowest BCUT2D eigenvalue weighted by Crippen LogP contribution is -2.36. The number of aliphatic hydroxyl groups is 1. The standard InChI is InChI=1S/C9H17N2O2P/c1-2-4-11-8-14(7-10)9(12)3-5-13-6-9/h7-8,10,12H,2-6H2,1H3/p+1. The molecule has 80 valence electrons. The van der Waals surface area contributed by atoms with E-state index in [0.717, 1.165) is 13.0 Å². The minimum atomic E-state index is -0.862. The van der Waals surface area contributed by atoms with Gasteiger partial charge in [0.25, 0.3) is 0 Å². The second-order valence-electron chi connectivity index (χ2n) is 3.36. The summed E-state index contributed by atoms with van der Waals surface area (Å²) in [5.74, 6) is 3.36. The van der Waals surface area contributed by atoms with Crippen LogP contribution in [0.15, 0.2) is 4.99 Å². The lowest BCUT2D eigenvalue weighted by molar-refractivity contribution is -0.101. The van der Waals surface area contributed by atoms with Crippen molar-refractivity contribution >= 4 is 19.8 Å². The van der Waals surface area contributed by atoms with Crippen LogP contribution in [0.4, 0.5) is 0 Å². The fourth-order valence-electron chi connectivity index (χ4n) is 1.31. The molecular formula is C9H18N2O2P+. The topological polar surface area (TPSA) is 67.4 Å². The molecule has 4 nitrogen and oxygen atoms in total. The number of hydrogen-bond donors (Lipinski definition) is 2. The molecule has 2 atom stereocenters. The summed E-state index contributed by atoms with van der Waals surface area (Å²) in [6.07, 6.45) is 1.67. The van der Waals surface area contributed by atoms with E-state index in [9.17, 15) is 5.11 Å². The third-order valence-electron chi connectivity index (χ3n) is 2.18. The van der Waals surface area contributed by atoms with Gasteiger partial charge in [-0.2, -0.15) is 0 Å². The molecule has 0 aliphatic carbocycles. The van der Waals surface area contributed by atoms with Crippen LogP contribution in [0.1, 0.15) is 19.8 Å². The van der Waals surface area contributed by atoms with Gasteiger partial charge in [0, 0.05) is 25.5 Å². The van der Waals surface area contributed by atoms with E-state index < -0.39 is 13.3 Å². The van der Waals surface area contributed by atoms with E-state index in [1.54, 1.807) is 11.9 Å². The molecule has 1 aliphatic heterocycles. The first kappa shape index (κ1) is 11.8. The Labute approximate surface area is 85.6 Å². The minimum Gasteiger partial charge on any atom is -0.382 e. The van der Waals surface area contributed by atoms with Crippen LogP contribution in [-0.4, -0.2) is 42.1 Å². The maximum absolute atomic E-state index is 10.2. The molecule has 0 saturated carbocycles. The van der Waals surface area contributed by atoms with Crippen LogP contribution < -0.4 is 5.41 Å². The van der Waals surface area contributed by atoms with Crippen molar-refractivity contribution in [2.24, 2.45) is 4.99 Å². The molecule has 1 aliphatic rings. The number of aliphatic imine (C=N–C) groups is 1. The molecule has 0 aromatic heterocycles. The molecule has 0 radical (unpaired) electrons. The first-order valence-corrected chi connectivity index (χ1v) is 6.34. The number of hydrogen-bond acceptors (Lipinski definition) is 3. The van der Waals surface area contributed by atoms with E-state index in [0.29, 0.717) is 19.6 Å². The van der Waals surface area contributed by atoms with E-state index >= 15 is 0 Å². The van der Waals surface area contributed by atoms with Gasteiger partial charge in [-0.15, -0.1) is 0 Å². The highest BCUT2D eigenvalue weighted by Gasteiger charge is 2.40. The highest BCUT2D eigenvalue weighted by molar-refractivity contribution is 7.86. The number of rotatable bonds is 5. The molecule has 14 heavy (non-hydrogen) atoms. The van der Waals surface area contributed by atoms with E-state index in [2.05, 4.69) is 11.9 Å². The largest absolute Gasteiger partial charge is 0.382 e. The van der Waals surface area contributed by atoms with E-state index in [4.69, 9.17) is 10.1 Å². The Hall–Kier alpha value is -0.310. The first-order chi connectivity index (χ1) is 6.73. The number of nitrogens with zero attached hydrogens (tertiary/aromatic N) is 1. The Bertz CT molecular complexity index is 215. The van der Waals surface area contributed by atoms with Crippen LogP contribution in [-0.2, 0) is 4.74 Å². The first-order valence-electron chi connectivity index (χ1n) is 4.86. The van der Waals surface area contributed by atoms with Crippen LogP contribution >= 0.6 is 7.92 Å². The molecule has 1 fully saturated rings. The van der Waals surface area contributed by atoms with E-state index in [1.165, 1.54) is 0 Å². The fourth-order valence-corrected chi connectivity index (χ4v) is 2.76. The Balaban J connectivity index is 2.56. The average Bonchev–Trinajstić information content (AvgIpc) is 2.61. The Kier molecular flexibility index (Phi) is 4.66. The van der Waals surface area contributed by atoms with Gasteiger partial charge < -0.3 is 9.84 Å². The van der Waals surface area contributed by atoms with Crippen molar-refractivity contribution in [1.29, 1.82) is 0 Å². The third-order valence-corrected chi connectivity index (χ3v) is 4.23. The molecule has 0 bridgehead atoms. The van der Waals surface area contributed by atoms with Gasteiger partial charge in [-0.25, -0.2) is 0 Å². The summed E-state index contributed by atoms with van der Waals surface area (Å²) in [5, 5.41) is 14.9. The van der Waals surface area contributed by atoms with Crippen molar-refractivity contribution in [1.82, 2.24) is 0 Å². The van der Waals surface area contributed by atoms with Crippen molar-refractivity contribution in [3.05, 3.63) is 0 Å². The van der Waals surface area contributed by atoms with Gasteiger partial charge in [0.15, 0.2) is 5.96 Å². The van der Waals surface area contributed by atoms with Gasteiger partial charge in [0.1, 0.15) is 5.34 Å². The molecule has 0 spiro atoms. The van der Waals surface area contributed by atoms with Crippen LogP contribution in [0, 0.1) is 0 Å². The summed E-state index contributed by atoms with van der Waals surface area (Å²) in [7, 11) is -0.862. The fraction of sp³-hybridized carbons (Fsp3) is 0.778. The highest BCUT2D eigenvalue weighted by atomic mass is 31.1.